The first-order valence-corrected chi connectivity index (χ1v) is 9.88. The highest BCUT2D eigenvalue weighted by molar-refractivity contribution is 6.01. The topological polar surface area (TPSA) is 51.5 Å². The van der Waals surface area contributed by atoms with Crippen LogP contribution in [0.3, 0.4) is 0 Å². The van der Waals surface area contributed by atoms with Gasteiger partial charge in [0.1, 0.15) is 11.9 Å². The monoisotopic (exact) mass is 393 g/mol. The van der Waals surface area contributed by atoms with Crippen LogP contribution < -0.4 is 0 Å². The van der Waals surface area contributed by atoms with Gasteiger partial charge in [0.25, 0.3) is 0 Å². The van der Waals surface area contributed by atoms with Gasteiger partial charge < -0.3 is 14.4 Å². The fraction of sp³-hybridized carbons (Fsp3) is 0.292. The van der Waals surface area contributed by atoms with Crippen molar-refractivity contribution in [2.75, 3.05) is 0 Å². The lowest BCUT2D eigenvalue weighted by molar-refractivity contribution is -0.156. The largest absolute Gasteiger partial charge is 0.458 e. The lowest BCUT2D eigenvalue weighted by Crippen LogP contribution is -2.31. The van der Waals surface area contributed by atoms with Crippen LogP contribution in [0.25, 0.3) is 28.1 Å². The van der Waals surface area contributed by atoms with Crippen LogP contribution in [0, 0.1) is 5.82 Å². The number of hydrogen-bond acceptors (Lipinski definition) is 3. The summed E-state index contributed by atoms with van der Waals surface area (Å²) in [5, 5.41) is 11.0. The minimum atomic E-state index is -0.682. The zero-order valence-corrected chi connectivity index (χ0v) is 16.5. The number of aromatic nitrogens is 1. The van der Waals surface area contributed by atoms with Gasteiger partial charge in [-0.3, -0.25) is 4.79 Å². The summed E-state index contributed by atoms with van der Waals surface area (Å²) in [4.78, 5) is 11.7. The number of aliphatic hydroxyl groups excluding tert-OH is 1. The summed E-state index contributed by atoms with van der Waals surface area (Å²) in [6.45, 7) is 4.23. The Kier molecular flexibility index (Phi) is 5.24. The third kappa shape index (κ3) is 3.83. The van der Waals surface area contributed by atoms with E-state index in [1.807, 2.05) is 24.3 Å². The maximum Gasteiger partial charge on any atom is 0.309 e. The van der Waals surface area contributed by atoms with Gasteiger partial charge in [-0.1, -0.05) is 30.3 Å². The Morgan fingerprint density at radius 1 is 1.17 bits per heavy atom. The summed E-state index contributed by atoms with van der Waals surface area (Å²) in [6, 6.07) is 14.8. The Hall–Kier alpha value is -2.92. The molecule has 4 nitrogen and oxygen atoms in total. The number of hydrogen-bond donors (Lipinski definition) is 1. The summed E-state index contributed by atoms with van der Waals surface area (Å²) < 4.78 is 21.1. The van der Waals surface area contributed by atoms with Crippen molar-refractivity contribution in [1.82, 2.24) is 4.57 Å². The van der Waals surface area contributed by atoms with E-state index in [4.69, 9.17) is 4.74 Å². The number of nitrogens with zero attached hydrogens (tertiary/aromatic N) is 1. The molecule has 5 heteroatoms. The second kappa shape index (κ2) is 7.84. The van der Waals surface area contributed by atoms with E-state index < -0.39 is 12.2 Å². The van der Waals surface area contributed by atoms with Gasteiger partial charge in [-0.05, 0) is 49.8 Å². The minimum Gasteiger partial charge on any atom is -0.458 e. The molecular formula is C24H24FNO3. The van der Waals surface area contributed by atoms with E-state index in [-0.39, 0.29) is 24.2 Å². The van der Waals surface area contributed by atoms with Gasteiger partial charge in [-0.2, -0.15) is 0 Å². The first-order valence-electron chi connectivity index (χ1n) is 9.88. The average molecular weight is 393 g/mol. The van der Waals surface area contributed by atoms with Gasteiger partial charge in [0, 0.05) is 34.6 Å². The first kappa shape index (κ1) is 19.4. The molecule has 2 aromatic carbocycles. The van der Waals surface area contributed by atoms with Crippen LogP contribution in [-0.4, -0.2) is 27.9 Å². The first-order chi connectivity index (χ1) is 13.9. The number of cyclic esters (lactones) is 1. The predicted octanol–water partition coefficient (Wildman–Crippen LogP) is 5.11. The average Bonchev–Trinajstić information content (AvgIpc) is 3.00. The Morgan fingerprint density at radius 3 is 2.59 bits per heavy atom. The van der Waals surface area contributed by atoms with Crippen molar-refractivity contribution < 1.29 is 19.0 Å². The smallest absolute Gasteiger partial charge is 0.309 e. The van der Waals surface area contributed by atoms with Crippen LogP contribution in [0.15, 0.2) is 54.6 Å². The van der Waals surface area contributed by atoms with Gasteiger partial charge in [-0.15, -0.1) is 0 Å². The number of rotatable bonds is 4. The maximum atomic E-state index is 13.5. The molecule has 0 amide bonds. The molecule has 0 aliphatic carbocycles. The number of carbonyl (C=O) groups excluding carboxylic acids is 1. The SMILES string of the molecule is CC(C)n1c(/C=C/C2C[C@@H](O)CC(=O)O2)c(-c2ccc(F)cc2)c2ccccc21. The highest BCUT2D eigenvalue weighted by Crippen LogP contribution is 2.38. The second-order valence-electron chi connectivity index (χ2n) is 7.73. The van der Waals surface area contributed by atoms with E-state index in [9.17, 15) is 14.3 Å². The van der Waals surface area contributed by atoms with Crippen LogP contribution in [0.2, 0.25) is 0 Å². The molecule has 1 aliphatic heterocycles. The van der Waals surface area contributed by atoms with Crippen LogP contribution >= 0.6 is 0 Å². The molecule has 1 saturated heterocycles. The van der Waals surface area contributed by atoms with Crippen molar-refractivity contribution >= 4 is 22.9 Å². The molecule has 150 valence electrons. The fourth-order valence-electron chi connectivity index (χ4n) is 4.05. The molecule has 29 heavy (non-hydrogen) atoms. The molecule has 2 atom stereocenters. The Bertz CT molecular complexity index is 1070. The van der Waals surface area contributed by atoms with Crippen LogP contribution in [-0.2, 0) is 9.53 Å². The van der Waals surface area contributed by atoms with Crippen molar-refractivity contribution in [2.45, 2.75) is 44.9 Å². The van der Waals surface area contributed by atoms with Gasteiger partial charge in [0.05, 0.1) is 12.5 Å². The number of esters is 1. The predicted molar refractivity (Wildman–Crippen MR) is 112 cm³/mol. The molecule has 1 N–H and O–H groups in total. The van der Waals surface area contributed by atoms with E-state index in [0.29, 0.717) is 6.42 Å². The van der Waals surface area contributed by atoms with E-state index in [1.54, 1.807) is 12.1 Å². The molecule has 2 heterocycles. The zero-order chi connectivity index (χ0) is 20.5. The quantitative estimate of drug-likeness (QED) is 0.627. The molecule has 3 aromatic rings. The van der Waals surface area contributed by atoms with E-state index in [1.165, 1.54) is 12.1 Å². The standard InChI is InChI=1S/C24H24FNO3/c1-15(2)26-21-6-4-3-5-20(21)24(16-7-9-17(25)10-8-16)22(26)12-11-19-13-18(27)14-23(28)29-19/h3-12,15,18-19,27H,13-14H2,1-2H3/b12-11+/t18-,19?/m1/s1. The molecule has 0 bridgehead atoms. The number of para-hydroxylation sites is 1. The molecule has 1 unspecified atom stereocenters. The van der Waals surface area contributed by atoms with Gasteiger partial charge in [0.15, 0.2) is 0 Å². The third-order valence-corrected chi connectivity index (χ3v) is 5.26. The van der Waals surface area contributed by atoms with Gasteiger partial charge in [-0.25, -0.2) is 4.39 Å². The number of benzene rings is 2. The Morgan fingerprint density at radius 2 is 1.90 bits per heavy atom. The molecular weight excluding hydrogens is 369 g/mol. The van der Waals surface area contributed by atoms with Crippen LogP contribution in [0.4, 0.5) is 4.39 Å². The Labute approximate surface area is 169 Å². The highest BCUT2D eigenvalue weighted by atomic mass is 19.1. The number of fused-ring (bicyclic) bond motifs is 1. The lowest BCUT2D eigenvalue weighted by Gasteiger charge is -2.23. The molecule has 0 saturated carbocycles. The molecule has 1 aromatic heterocycles. The van der Waals surface area contributed by atoms with Crippen molar-refractivity contribution in [3.63, 3.8) is 0 Å². The van der Waals surface area contributed by atoms with E-state index >= 15 is 0 Å². The second-order valence-corrected chi connectivity index (χ2v) is 7.73. The Balaban J connectivity index is 1.88. The van der Waals surface area contributed by atoms with Crippen molar-refractivity contribution in [2.24, 2.45) is 0 Å². The molecule has 4 rings (SSSR count). The lowest BCUT2D eigenvalue weighted by atomic mass is 10.0. The number of aliphatic hydroxyl groups is 1. The van der Waals surface area contributed by atoms with Crippen molar-refractivity contribution in [1.29, 1.82) is 0 Å². The van der Waals surface area contributed by atoms with E-state index in [2.05, 4.69) is 30.5 Å². The maximum absolute atomic E-state index is 13.5. The van der Waals surface area contributed by atoms with Crippen LogP contribution in [0.5, 0.6) is 0 Å². The van der Waals surface area contributed by atoms with E-state index in [0.717, 1.165) is 27.7 Å². The van der Waals surface area contributed by atoms with Crippen molar-refractivity contribution in [3.05, 3.63) is 66.1 Å². The molecule has 1 fully saturated rings. The summed E-state index contributed by atoms with van der Waals surface area (Å²) in [6.07, 6.45) is 3.06. The third-order valence-electron chi connectivity index (χ3n) is 5.26. The van der Waals surface area contributed by atoms with Gasteiger partial charge in [0.2, 0.25) is 0 Å². The zero-order valence-electron chi connectivity index (χ0n) is 16.5. The highest BCUT2D eigenvalue weighted by Gasteiger charge is 2.26. The number of ether oxygens (including phenoxy) is 1. The van der Waals surface area contributed by atoms with Gasteiger partial charge >= 0.3 is 5.97 Å². The normalized spacial score (nSPS) is 20.0. The van der Waals surface area contributed by atoms with Crippen LogP contribution in [0.1, 0.15) is 38.4 Å². The number of halogens is 1. The number of carbonyl (C=O) groups is 1. The molecule has 0 radical (unpaired) electrons. The summed E-state index contributed by atoms with van der Waals surface area (Å²) in [7, 11) is 0. The molecule has 0 spiro atoms. The molecule has 1 aliphatic rings. The summed E-state index contributed by atoms with van der Waals surface area (Å²) in [5.41, 5.74) is 3.97. The summed E-state index contributed by atoms with van der Waals surface area (Å²) >= 11 is 0. The van der Waals surface area contributed by atoms with Crippen molar-refractivity contribution in [3.8, 4) is 11.1 Å². The summed E-state index contributed by atoms with van der Waals surface area (Å²) in [5.74, 6) is -0.664. The fourth-order valence-corrected chi connectivity index (χ4v) is 4.05. The minimum absolute atomic E-state index is 0.0391.